The summed E-state index contributed by atoms with van der Waals surface area (Å²) in [7, 11) is 0. The zero-order chi connectivity index (χ0) is 15.8. The third-order valence-corrected chi connectivity index (χ3v) is 5.82. The molecular formula is C16H22N4O2S. The zero-order valence-electron chi connectivity index (χ0n) is 13.2. The highest BCUT2D eigenvalue weighted by molar-refractivity contribution is 7.13. The van der Waals surface area contributed by atoms with Gasteiger partial charge in [0.15, 0.2) is 5.13 Å². The van der Waals surface area contributed by atoms with E-state index in [2.05, 4.69) is 9.88 Å². The molecule has 3 aliphatic rings. The van der Waals surface area contributed by atoms with Crippen LogP contribution in [0.4, 0.5) is 5.13 Å². The summed E-state index contributed by atoms with van der Waals surface area (Å²) in [5.74, 6) is 0.210. The van der Waals surface area contributed by atoms with Gasteiger partial charge in [-0.2, -0.15) is 0 Å². The van der Waals surface area contributed by atoms with Gasteiger partial charge in [-0.25, -0.2) is 4.98 Å². The molecule has 1 aromatic rings. The number of likely N-dealkylation sites (tertiary alicyclic amines) is 1. The lowest BCUT2D eigenvalue weighted by Gasteiger charge is -2.24. The number of thiazole rings is 1. The predicted octanol–water partition coefficient (Wildman–Crippen LogP) is 1.19. The summed E-state index contributed by atoms with van der Waals surface area (Å²) in [6.07, 6.45) is 5.41. The predicted molar refractivity (Wildman–Crippen MR) is 88.4 cm³/mol. The Morgan fingerprint density at radius 1 is 1.22 bits per heavy atom. The first-order chi connectivity index (χ1) is 11.2. The standard InChI is InChI=1S/C16H22N4O2S/c21-14-10-12(11-20(14)13-2-3-13)15(22)18-5-1-6-19(8-7-18)16-17-4-9-23-16/h4,9,12-13H,1-3,5-8,10-11H2. The fraction of sp³-hybridized carbons (Fsp3) is 0.688. The van der Waals surface area contributed by atoms with Crippen molar-refractivity contribution in [2.24, 2.45) is 5.92 Å². The maximum atomic E-state index is 12.8. The minimum absolute atomic E-state index is 0.130. The van der Waals surface area contributed by atoms with Crippen molar-refractivity contribution in [3.05, 3.63) is 11.6 Å². The number of carbonyl (C=O) groups excluding carboxylic acids is 2. The summed E-state index contributed by atoms with van der Waals surface area (Å²) < 4.78 is 0. The molecule has 0 spiro atoms. The molecule has 0 aromatic carbocycles. The van der Waals surface area contributed by atoms with Crippen LogP contribution < -0.4 is 4.90 Å². The van der Waals surface area contributed by atoms with E-state index >= 15 is 0 Å². The van der Waals surface area contributed by atoms with Crippen molar-refractivity contribution in [2.45, 2.75) is 31.7 Å². The fourth-order valence-electron chi connectivity index (χ4n) is 3.60. The normalized spacial score (nSPS) is 25.8. The van der Waals surface area contributed by atoms with E-state index in [-0.39, 0.29) is 17.7 Å². The highest BCUT2D eigenvalue weighted by Crippen LogP contribution is 2.33. The second-order valence-corrected chi connectivity index (χ2v) is 7.53. The lowest BCUT2D eigenvalue weighted by molar-refractivity contribution is -0.135. The molecule has 2 amide bonds. The Balaban J connectivity index is 1.36. The summed E-state index contributed by atoms with van der Waals surface area (Å²) >= 11 is 1.64. The number of amides is 2. The van der Waals surface area contributed by atoms with Gasteiger partial charge in [0.05, 0.1) is 5.92 Å². The van der Waals surface area contributed by atoms with Crippen molar-refractivity contribution in [3.8, 4) is 0 Å². The summed E-state index contributed by atoms with van der Waals surface area (Å²) in [5, 5.41) is 3.02. The summed E-state index contributed by atoms with van der Waals surface area (Å²) in [6.45, 7) is 3.91. The Hall–Kier alpha value is -1.63. The lowest BCUT2D eigenvalue weighted by atomic mass is 10.1. The van der Waals surface area contributed by atoms with Crippen LogP contribution in [0.15, 0.2) is 11.6 Å². The topological polar surface area (TPSA) is 56.8 Å². The maximum Gasteiger partial charge on any atom is 0.228 e. The molecule has 0 bridgehead atoms. The van der Waals surface area contributed by atoms with Crippen molar-refractivity contribution in [1.29, 1.82) is 0 Å². The van der Waals surface area contributed by atoms with Crippen LogP contribution in [-0.2, 0) is 9.59 Å². The second-order valence-electron chi connectivity index (χ2n) is 6.66. The van der Waals surface area contributed by atoms with Gasteiger partial charge in [-0.05, 0) is 19.3 Å². The van der Waals surface area contributed by atoms with E-state index in [1.54, 1.807) is 11.3 Å². The Morgan fingerprint density at radius 3 is 2.83 bits per heavy atom. The molecule has 6 nitrogen and oxygen atoms in total. The van der Waals surface area contributed by atoms with Crippen LogP contribution in [0.3, 0.4) is 0 Å². The Morgan fingerprint density at radius 2 is 2.09 bits per heavy atom. The van der Waals surface area contributed by atoms with Crippen molar-refractivity contribution in [3.63, 3.8) is 0 Å². The van der Waals surface area contributed by atoms with Gasteiger partial charge in [-0.3, -0.25) is 9.59 Å². The van der Waals surface area contributed by atoms with Crippen LogP contribution in [-0.4, -0.2) is 65.4 Å². The number of hydrogen-bond acceptors (Lipinski definition) is 5. The Labute approximate surface area is 140 Å². The minimum atomic E-state index is -0.130. The van der Waals surface area contributed by atoms with Crippen LogP contribution in [0.5, 0.6) is 0 Å². The number of nitrogens with zero attached hydrogens (tertiary/aromatic N) is 4. The van der Waals surface area contributed by atoms with Crippen LogP contribution in [0.2, 0.25) is 0 Å². The average molecular weight is 334 g/mol. The lowest BCUT2D eigenvalue weighted by Crippen LogP contribution is -2.40. The SMILES string of the molecule is O=C(C1CC(=O)N(C2CC2)C1)N1CCCN(c2nccs2)CC1. The van der Waals surface area contributed by atoms with Crippen molar-refractivity contribution in [2.75, 3.05) is 37.6 Å². The largest absolute Gasteiger partial charge is 0.346 e. The molecule has 1 atom stereocenters. The van der Waals surface area contributed by atoms with E-state index in [9.17, 15) is 9.59 Å². The molecule has 2 aliphatic heterocycles. The van der Waals surface area contributed by atoms with Gasteiger partial charge < -0.3 is 14.7 Å². The number of hydrogen-bond donors (Lipinski definition) is 0. The monoisotopic (exact) mass is 334 g/mol. The molecule has 4 rings (SSSR count). The summed E-state index contributed by atoms with van der Waals surface area (Å²) in [6, 6.07) is 0.421. The quantitative estimate of drug-likeness (QED) is 0.833. The summed E-state index contributed by atoms with van der Waals surface area (Å²) in [5.41, 5.74) is 0. The molecule has 1 unspecified atom stereocenters. The van der Waals surface area contributed by atoms with E-state index in [1.165, 1.54) is 0 Å². The molecule has 23 heavy (non-hydrogen) atoms. The van der Waals surface area contributed by atoms with E-state index in [4.69, 9.17) is 0 Å². The van der Waals surface area contributed by atoms with Gasteiger partial charge in [0, 0.05) is 56.8 Å². The van der Waals surface area contributed by atoms with Crippen molar-refractivity contribution >= 4 is 28.3 Å². The number of anilines is 1. The maximum absolute atomic E-state index is 12.8. The molecule has 3 fully saturated rings. The van der Waals surface area contributed by atoms with Gasteiger partial charge in [0.2, 0.25) is 11.8 Å². The van der Waals surface area contributed by atoms with Crippen LogP contribution in [0, 0.1) is 5.92 Å². The minimum Gasteiger partial charge on any atom is -0.346 e. The fourth-order valence-corrected chi connectivity index (χ4v) is 4.29. The molecule has 0 radical (unpaired) electrons. The molecule has 2 saturated heterocycles. The third kappa shape index (κ3) is 3.06. The Bertz CT molecular complexity index is 587. The van der Waals surface area contributed by atoms with Crippen LogP contribution >= 0.6 is 11.3 Å². The van der Waals surface area contributed by atoms with Crippen LogP contribution in [0.1, 0.15) is 25.7 Å². The molecule has 1 aliphatic carbocycles. The first-order valence-electron chi connectivity index (χ1n) is 8.45. The van der Waals surface area contributed by atoms with Crippen molar-refractivity contribution in [1.82, 2.24) is 14.8 Å². The molecular weight excluding hydrogens is 312 g/mol. The van der Waals surface area contributed by atoms with Gasteiger partial charge in [0.25, 0.3) is 0 Å². The first kappa shape index (κ1) is 14.9. The van der Waals surface area contributed by atoms with E-state index in [0.29, 0.717) is 19.0 Å². The highest BCUT2D eigenvalue weighted by Gasteiger charge is 2.42. The second kappa shape index (κ2) is 6.11. The van der Waals surface area contributed by atoms with E-state index in [0.717, 1.165) is 50.6 Å². The first-order valence-corrected chi connectivity index (χ1v) is 9.33. The van der Waals surface area contributed by atoms with Crippen molar-refractivity contribution < 1.29 is 9.59 Å². The van der Waals surface area contributed by atoms with Crippen LogP contribution in [0.25, 0.3) is 0 Å². The smallest absolute Gasteiger partial charge is 0.228 e. The highest BCUT2D eigenvalue weighted by atomic mass is 32.1. The average Bonchev–Trinajstić information content (AvgIpc) is 3.19. The van der Waals surface area contributed by atoms with Gasteiger partial charge in [0.1, 0.15) is 0 Å². The van der Waals surface area contributed by atoms with Gasteiger partial charge >= 0.3 is 0 Å². The molecule has 124 valence electrons. The van der Waals surface area contributed by atoms with E-state index in [1.807, 2.05) is 21.4 Å². The van der Waals surface area contributed by atoms with Gasteiger partial charge in [-0.15, -0.1) is 11.3 Å². The van der Waals surface area contributed by atoms with E-state index < -0.39 is 0 Å². The number of carbonyl (C=O) groups is 2. The molecule has 7 heteroatoms. The molecule has 1 saturated carbocycles. The molecule has 0 N–H and O–H groups in total. The number of aromatic nitrogens is 1. The molecule has 3 heterocycles. The number of rotatable bonds is 3. The Kier molecular flexibility index (Phi) is 3.97. The third-order valence-electron chi connectivity index (χ3n) is 4.99. The van der Waals surface area contributed by atoms with Gasteiger partial charge in [-0.1, -0.05) is 0 Å². The summed E-state index contributed by atoms with van der Waals surface area (Å²) in [4.78, 5) is 35.4. The molecule has 1 aromatic heterocycles. The zero-order valence-corrected chi connectivity index (χ0v) is 14.0.